The molecule has 210 valence electrons. The minimum absolute atomic E-state index is 0.0736. The Labute approximate surface area is 232 Å². The summed E-state index contributed by atoms with van der Waals surface area (Å²) in [4.78, 5) is 54.1. The molecule has 38 heavy (non-hydrogen) atoms. The number of fused-ring (bicyclic) bond motifs is 1. The monoisotopic (exact) mass is 565 g/mol. The highest BCUT2D eigenvalue weighted by molar-refractivity contribution is 7.98. The van der Waals surface area contributed by atoms with E-state index in [-0.39, 0.29) is 12.3 Å². The van der Waals surface area contributed by atoms with Gasteiger partial charge >= 0.3 is 5.97 Å². The largest absolute Gasteiger partial charge is 0.480 e. The summed E-state index contributed by atoms with van der Waals surface area (Å²) in [6.45, 7) is 3.52. The lowest BCUT2D eigenvalue weighted by molar-refractivity contribution is -0.142. The molecule has 3 amide bonds. The van der Waals surface area contributed by atoms with Gasteiger partial charge in [-0.25, -0.2) is 4.79 Å². The van der Waals surface area contributed by atoms with E-state index in [0.717, 1.165) is 22.2 Å². The first-order valence-electron chi connectivity index (χ1n) is 12.5. The summed E-state index contributed by atoms with van der Waals surface area (Å²) in [5.74, 6) is -1.72. The maximum atomic E-state index is 13.2. The number of rotatable bonds is 16. The van der Waals surface area contributed by atoms with Crippen LogP contribution in [0.5, 0.6) is 0 Å². The molecule has 7 N–H and O–H groups in total. The molecule has 0 spiro atoms. The first kappa shape index (κ1) is 31.5. The lowest BCUT2D eigenvalue weighted by Crippen LogP contribution is -2.58. The predicted molar refractivity (Wildman–Crippen MR) is 154 cm³/mol. The number of carboxylic acid groups (broad SMARTS) is 1. The van der Waals surface area contributed by atoms with E-state index < -0.39 is 47.9 Å². The topological polar surface area (TPSA) is 166 Å². The molecule has 0 aliphatic carbocycles. The number of amides is 3. The van der Waals surface area contributed by atoms with Gasteiger partial charge in [-0.3, -0.25) is 14.4 Å². The number of aliphatic carboxylic acids is 1. The van der Waals surface area contributed by atoms with Crippen LogP contribution in [0.1, 0.15) is 32.3 Å². The fourth-order valence-corrected chi connectivity index (χ4v) is 4.89. The van der Waals surface area contributed by atoms with Crippen LogP contribution in [0.25, 0.3) is 10.9 Å². The number of hydrogen-bond donors (Lipinski definition) is 6. The minimum atomic E-state index is -1.19. The molecule has 4 atom stereocenters. The number of carbonyl (C=O) groups is 4. The van der Waals surface area contributed by atoms with Crippen LogP contribution in [0.3, 0.4) is 0 Å². The van der Waals surface area contributed by atoms with Crippen LogP contribution in [-0.4, -0.2) is 82.0 Å². The van der Waals surface area contributed by atoms with Gasteiger partial charge in [0.15, 0.2) is 0 Å². The lowest BCUT2D eigenvalue weighted by atomic mass is 10.0. The average Bonchev–Trinajstić information content (AvgIpc) is 3.29. The van der Waals surface area contributed by atoms with Gasteiger partial charge in [0.2, 0.25) is 17.7 Å². The van der Waals surface area contributed by atoms with Crippen molar-refractivity contribution >= 4 is 58.1 Å². The predicted octanol–water partition coefficient (Wildman–Crippen LogP) is 1.74. The second kappa shape index (κ2) is 15.6. The SMILES string of the molecule is CSCCC(N)C(=O)NC(CCSC)C(=O)NC(C(=O)NC(Cc1c[nH]c2ccccc12)C(=O)O)C(C)C. The number of nitrogens with one attached hydrogen (secondary N) is 4. The number of nitrogens with two attached hydrogens (primary N) is 1. The number of carbonyl (C=O) groups excluding carboxylic acids is 3. The van der Waals surface area contributed by atoms with Crippen molar-refractivity contribution < 1.29 is 24.3 Å². The highest BCUT2D eigenvalue weighted by Crippen LogP contribution is 2.19. The highest BCUT2D eigenvalue weighted by Gasteiger charge is 2.32. The van der Waals surface area contributed by atoms with E-state index in [1.807, 2.05) is 36.8 Å². The number of hydrogen-bond acceptors (Lipinski definition) is 7. The Morgan fingerprint density at radius 1 is 0.921 bits per heavy atom. The maximum Gasteiger partial charge on any atom is 0.326 e. The first-order valence-corrected chi connectivity index (χ1v) is 15.3. The Morgan fingerprint density at radius 3 is 2.18 bits per heavy atom. The van der Waals surface area contributed by atoms with E-state index in [9.17, 15) is 24.3 Å². The van der Waals surface area contributed by atoms with Crippen LogP contribution < -0.4 is 21.7 Å². The van der Waals surface area contributed by atoms with Crippen LogP contribution >= 0.6 is 23.5 Å². The third-order valence-corrected chi connectivity index (χ3v) is 7.46. The van der Waals surface area contributed by atoms with Crippen molar-refractivity contribution in [2.45, 2.75) is 57.3 Å². The second-order valence-electron chi connectivity index (χ2n) is 9.42. The van der Waals surface area contributed by atoms with Gasteiger partial charge in [-0.15, -0.1) is 0 Å². The summed E-state index contributed by atoms with van der Waals surface area (Å²) in [5, 5.41) is 18.7. The van der Waals surface area contributed by atoms with Crippen molar-refractivity contribution in [1.29, 1.82) is 0 Å². The molecule has 0 bridgehead atoms. The Hall–Kier alpha value is -2.70. The number of thioether (sulfide) groups is 2. The molecule has 2 rings (SSSR count). The summed E-state index contributed by atoms with van der Waals surface area (Å²) in [5.41, 5.74) is 7.60. The van der Waals surface area contributed by atoms with Crippen molar-refractivity contribution in [2.24, 2.45) is 11.7 Å². The van der Waals surface area contributed by atoms with Gasteiger partial charge in [-0.1, -0.05) is 32.0 Å². The maximum absolute atomic E-state index is 13.2. The van der Waals surface area contributed by atoms with Crippen LogP contribution in [0.4, 0.5) is 0 Å². The summed E-state index contributed by atoms with van der Waals surface area (Å²) in [6, 6.07) is 3.71. The second-order valence-corrected chi connectivity index (χ2v) is 11.4. The molecule has 12 heteroatoms. The molecule has 0 saturated carbocycles. The summed E-state index contributed by atoms with van der Waals surface area (Å²) >= 11 is 3.11. The number of carboxylic acids is 1. The molecule has 1 heterocycles. The summed E-state index contributed by atoms with van der Waals surface area (Å²) in [7, 11) is 0. The Bertz CT molecular complexity index is 1090. The normalized spacial score (nSPS) is 14.5. The summed E-state index contributed by atoms with van der Waals surface area (Å²) < 4.78 is 0. The van der Waals surface area contributed by atoms with Gasteiger partial charge in [0.25, 0.3) is 0 Å². The van der Waals surface area contributed by atoms with E-state index in [2.05, 4.69) is 20.9 Å². The van der Waals surface area contributed by atoms with E-state index in [1.54, 1.807) is 31.8 Å². The summed E-state index contributed by atoms with van der Waals surface area (Å²) in [6.07, 6.45) is 6.46. The van der Waals surface area contributed by atoms with Crippen LogP contribution in [0, 0.1) is 5.92 Å². The zero-order chi connectivity index (χ0) is 28.2. The zero-order valence-corrected chi connectivity index (χ0v) is 23.9. The van der Waals surface area contributed by atoms with Crippen LogP contribution in [0.2, 0.25) is 0 Å². The molecule has 0 saturated heterocycles. The third kappa shape index (κ3) is 9.25. The van der Waals surface area contributed by atoms with Gasteiger partial charge < -0.3 is 31.8 Å². The van der Waals surface area contributed by atoms with Crippen molar-refractivity contribution in [3.8, 4) is 0 Å². The molecule has 0 aliphatic rings. The molecule has 2 aromatic rings. The van der Waals surface area contributed by atoms with E-state index in [0.29, 0.717) is 18.6 Å². The Kier molecular flexibility index (Phi) is 13.0. The third-order valence-electron chi connectivity index (χ3n) is 6.17. The van der Waals surface area contributed by atoms with Crippen LogP contribution in [-0.2, 0) is 25.6 Å². The number of H-pyrrole nitrogens is 1. The van der Waals surface area contributed by atoms with Gasteiger partial charge in [-0.2, -0.15) is 23.5 Å². The fourth-order valence-electron chi connectivity index (χ4n) is 3.93. The molecule has 0 fully saturated rings. The number of aromatic nitrogens is 1. The number of aromatic amines is 1. The van der Waals surface area contributed by atoms with Gasteiger partial charge in [0.05, 0.1) is 6.04 Å². The van der Waals surface area contributed by atoms with Crippen molar-refractivity contribution in [2.75, 3.05) is 24.0 Å². The lowest BCUT2D eigenvalue weighted by Gasteiger charge is -2.27. The van der Waals surface area contributed by atoms with Crippen molar-refractivity contribution in [3.63, 3.8) is 0 Å². The quantitative estimate of drug-likeness (QED) is 0.179. The number of para-hydroxylation sites is 1. The molecule has 1 aromatic carbocycles. The molecule has 10 nitrogen and oxygen atoms in total. The van der Waals surface area contributed by atoms with Gasteiger partial charge in [0, 0.05) is 23.5 Å². The highest BCUT2D eigenvalue weighted by atomic mass is 32.2. The van der Waals surface area contributed by atoms with Gasteiger partial charge in [0.1, 0.15) is 18.1 Å². The molecular weight excluding hydrogens is 526 g/mol. The van der Waals surface area contributed by atoms with E-state index in [4.69, 9.17) is 5.73 Å². The standard InChI is InChI=1S/C26H39N5O5S2/c1-15(2)22(31-24(33)20(10-12-38-4)29-23(32)18(27)9-11-37-3)25(34)30-21(26(35)36)13-16-14-28-19-8-6-5-7-17(16)19/h5-8,14-15,18,20-22,28H,9-13,27H2,1-4H3,(H,29,32)(H,30,34)(H,31,33)(H,35,36). The Morgan fingerprint density at radius 2 is 1.55 bits per heavy atom. The minimum Gasteiger partial charge on any atom is -0.480 e. The van der Waals surface area contributed by atoms with Crippen molar-refractivity contribution in [3.05, 3.63) is 36.0 Å². The molecule has 0 radical (unpaired) electrons. The van der Waals surface area contributed by atoms with E-state index in [1.165, 1.54) is 11.8 Å². The molecule has 0 aliphatic heterocycles. The van der Waals surface area contributed by atoms with Crippen molar-refractivity contribution in [1.82, 2.24) is 20.9 Å². The number of benzene rings is 1. The molecule has 4 unspecified atom stereocenters. The smallest absolute Gasteiger partial charge is 0.326 e. The zero-order valence-electron chi connectivity index (χ0n) is 22.3. The van der Waals surface area contributed by atoms with E-state index >= 15 is 0 Å². The first-order chi connectivity index (χ1) is 18.1. The Balaban J connectivity index is 2.12. The fraction of sp³-hybridized carbons (Fsp3) is 0.538. The molecular formula is C26H39N5O5S2. The van der Waals surface area contributed by atoms with Crippen LogP contribution in [0.15, 0.2) is 30.5 Å². The molecule has 1 aromatic heterocycles. The van der Waals surface area contributed by atoms with Gasteiger partial charge in [-0.05, 0) is 54.4 Å². The average molecular weight is 566 g/mol.